The predicted molar refractivity (Wildman–Crippen MR) is 83.9 cm³/mol. The Balaban J connectivity index is 1.87. The van der Waals surface area contributed by atoms with Crippen LogP contribution in [0.3, 0.4) is 0 Å². The van der Waals surface area contributed by atoms with E-state index in [4.69, 9.17) is 10.5 Å². The van der Waals surface area contributed by atoms with Crippen molar-refractivity contribution in [1.29, 1.82) is 0 Å². The average molecular weight is 316 g/mol. The zero-order valence-electron chi connectivity index (χ0n) is 11.5. The molecule has 0 amide bonds. The van der Waals surface area contributed by atoms with Crippen LogP contribution in [0, 0.1) is 0 Å². The molecule has 20 heavy (non-hydrogen) atoms. The van der Waals surface area contributed by atoms with Crippen molar-refractivity contribution < 1.29 is 13.2 Å². The van der Waals surface area contributed by atoms with E-state index in [2.05, 4.69) is 0 Å². The Kier molecular flexibility index (Phi) is 5.17. The summed E-state index contributed by atoms with van der Waals surface area (Å²) < 4.78 is 29.1. The van der Waals surface area contributed by atoms with Gasteiger partial charge in [-0.05, 0) is 24.3 Å². The monoisotopic (exact) mass is 316 g/mol. The third-order valence-electron chi connectivity index (χ3n) is 3.21. The van der Waals surface area contributed by atoms with E-state index in [0.29, 0.717) is 24.6 Å². The molecule has 0 bridgehead atoms. The number of rotatable bonds is 5. The lowest BCUT2D eigenvalue weighted by Crippen LogP contribution is -2.48. The molecular formula is C13H20N2O3S2. The van der Waals surface area contributed by atoms with Crippen molar-refractivity contribution in [2.75, 3.05) is 43.2 Å². The van der Waals surface area contributed by atoms with Crippen LogP contribution in [0.4, 0.5) is 5.69 Å². The summed E-state index contributed by atoms with van der Waals surface area (Å²) in [5.74, 6) is 2.36. The van der Waals surface area contributed by atoms with E-state index in [-0.39, 0.29) is 0 Å². The molecule has 2 N–H and O–H groups in total. The fourth-order valence-electron chi connectivity index (χ4n) is 2.11. The Morgan fingerprint density at radius 2 is 2.10 bits per heavy atom. The minimum absolute atomic E-state index is 0.392. The van der Waals surface area contributed by atoms with Gasteiger partial charge in [0.15, 0.2) is 9.84 Å². The van der Waals surface area contributed by atoms with Gasteiger partial charge in [0.25, 0.3) is 0 Å². The molecule has 1 aliphatic rings. The first-order valence-corrected chi connectivity index (χ1v) is 9.57. The number of hydrogen-bond donors (Lipinski definition) is 1. The highest BCUT2D eigenvalue weighted by Crippen LogP contribution is 2.20. The molecule has 0 aromatic heterocycles. The number of sulfone groups is 1. The van der Waals surface area contributed by atoms with Gasteiger partial charge >= 0.3 is 0 Å². The van der Waals surface area contributed by atoms with Crippen molar-refractivity contribution in [3.05, 3.63) is 24.3 Å². The smallest absolute Gasteiger partial charge is 0.164 e. The number of nitrogens with zero attached hydrogens (tertiary/aromatic N) is 1. The van der Waals surface area contributed by atoms with Crippen LogP contribution < -0.4 is 10.5 Å². The number of nitrogen functional groups attached to an aromatic ring is 1. The van der Waals surface area contributed by atoms with Crippen LogP contribution in [0.15, 0.2) is 24.3 Å². The highest BCUT2D eigenvalue weighted by Gasteiger charge is 2.30. The van der Waals surface area contributed by atoms with E-state index in [9.17, 15) is 8.42 Å². The maximum atomic E-state index is 11.8. The minimum Gasteiger partial charge on any atom is -0.492 e. The molecule has 0 spiro atoms. The first-order chi connectivity index (χ1) is 9.47. The van der Waals surface area contributed by atoms with Gasteiger partial charge < -0.3 is 10.5 Å². The Morgan fingerprint density at radius 1 is 1.40 bits per heavy atom. The largest absolute Gasteiger partial charge is 0.492 e. The summed E-state index contributed by atoms with van der Waals surface area (Å²) in [5, 5.41) is -0.392. The molecular weight excluding hydrogens is 296 g/mol. The van der Waals surface area contributed by atoms with Gasteiger partial charge in [0.1, 0.15) is 17.7 Å². The van der Waals surface area contributed by atoms with Crippen molar-refractivity contribution in [1.82, 2.24) is 4.90 Å². The van der Waals surface area contributed by atoms with E-state index in [1.165, 1.54) is 6.26 Å². The summed E-state index contributed by atoms with van der Waals surface area (Å²) in [7, 11) is -3.04. The lowest BCUT2D eigenvalue weighted by atomic mass is 10.3. The van der Waals surface area contributed by atoms with Crippen molar-refractivity contribution in [2.24, 2.45) is 0 Å². The Hall–Kier alpha value is -0.920. The molecule has 2 rings (SSSR count). The maximum absolute atomic E-state index is 11.8. The third kappa shape index (κ3) is 4.29. The standard InChI is InChI=1S/C13H20N2O3S2/c1-20(16,17)13-10-19-9-7-15(13)6-8-18-12-4-2-11(14)3-5-12/h2-5,13H,6-10,14H2,1H3. The van der Waals surface area contributed by atoms with Crippen molar-refractivity contribution >= 4 is 27.3 Å². The number of hydrogen-bond acceptors (Lipinski definition) is 6. The second-order valence-corrected chi connectivity index (χ2v) is 8.17. The first kappa shape index (κ1) is 15.5. The molecule has 5 nitrogen and oxygen atoms in total. The molecule has 1 fully saturated rings. The fourth-order valence-corrected chi connectivity index (χ4v) is 5.08. The molecule has 1 atom stereocenters. The lowest BCUT2D eigenvalue weighted by molar-refractivity contribution is 0.206. The summed E-state index contributed by atoms with van der Waals surface area (Å²) in [6, 6.07) is 7.20. The second-order valence-electron chi connectivity index (χ2n) is 4.81. The van der Waals surface area contributed by atoms with Gasteiger partial charge in [-0.25, -0.2) is 8.42 Å². The maximum Gasteiger partial charge on any atom is 0.164 e. The zero-order chi connectivity index (χ0) is 14.6. The first-order valence-electron chi connectivity index (χ1n) is 6.46. The van der Waals surface area contributed by atoms with E-state index in [0.717, 1.165) is 18.0 Å². The summed E-state index contributed by atoms with van der Waals surface area (Å²) in [4.78, 5) is 1.99. The summed E-state index contributed by atoms with van der Waals surface area (Å²) in [6.07, 6.45) is 1.30. The minimum atomic E-state index is -3.04. The number of ether oxygens (including phenoxy) is 1. The van der Waals surface area contributed by atoms with Crippen LogP contribution in [0.25, 0.3) is 0 Å². The van der Waals surface area contributed by atoms with E-state index >= 15 is 0 Å². The zero-order valence-corrected chi connectivity index (χ0v) is 13.1. The normalized spacial score (nSPS) is 20.8. The van der Waals surface area contributed by atoms with Crippen molar-refractivity contribution in [3.63, 3.8) is 0 Å². The molecule has 112 valence electrons. The van der Waals surface area contributed by atoms with Gasteiger partial charge in [-0.1, -0.05) is 0 Å². The fraction of sp³-hybridized carbons (Fsp3) is 0.538. The molecule has 1 unspecified atom stereocenters. The summed E-state index contributed by atoms with van der Waals surface area (Å²) in [5.41, 5.74) is 6.30. The molecule has 1 aromatic rings. The van der Waals surface area contributed by atoms with Crippen molar-refractivity contribution in [2.45, 2.75) is 5.37 Å². The number of nitrogens with two attached hydrogens (primary N) is 1. The summed E-state index contributed by atoms with van der Waals surface area (Å²) in [6.45, 7) is 1.87. The molecule has 1 aromatic carbocycles. The second kappa shape index (κ2) is 6.69. The molecule has 1 aliphatic heterocycles. The van der Waals surface area contributed by atoms with Crippen LogP contribution >= 0.6 is 11.8 Å². The highest BCUT2D eigenvalue weighted by atomic mass is 32.2. The van der Waals surface area contributed by atoms with Crippen LogP contribution in [0.1, 0.15) is 0 Å². The van der Waals surface area contributed by atoms with Gasteiger partial charge in [-0.15, -0.1) is 0 Å². The topological polar surface area (TPSA) is 72.6 Å². The molecule has 0 aliphatic carbocycles. The van der Waals surface area contributed by atoms with E-state index < -0.39 is 15.2 Å². The summed E-state index contributed by atoms with van der Waals surface area (Å²) >= 11 is 1.69. The highest BCUT2D eigenvalue weighted by molar-refractivity contribution is 8.00. The third-order valence-corrected chi connectivity index (χ3v) is 5.90. The van der Waals surface area contributed by atoms with E-state index in [1.807, 2.05) is 17.0 Å². The van der Waals surface area contributed by atoms with Crippen molar-refractivity contribution in [3.8, 4) is 5.75 Å². The van der Waals surface area contributed by atoms with Gasteiger partial charge in [-0.2, -0.15) is 11.8 Å². The van der Waals surface area contributed by atoms with Gasteiger partial charge in [0, 0.05) is 36.5 Å². The molecule has 1 heterocycles. The number of benzene rings is 1. The van der Waals surface area contributed by atoms with Gasteiger partial charge in [-0.3, -0.25) is 4.90 Å². The molecule has 7 heteroatoms. The van der Waals surface area contributed by atoms with Gasteiger partial charge in [0.2, 0.25) is 0 Å². The van der Waals surface area contributed by atoms with Crippen LogP contribution in [-0.2, 0) is 9.84 Å². The van der Waals surface area contributed by atoms with Crippen LogP contribution in [0.5, 0.6) is 5.75 Å². The lowest BCUT2D eigenvalue weighted by Gasteiger charge is -2.33. The quantitative estimate of drug-likeness (QED) is 0.819. The van der Waals surface area contributed by atoms with Crippen LogP contribution in [0.2, 0.25) is 0 Å². The average Bonchev–Trinajstić information content (AvgIpc) is 2.40. The molecule has 1 saturated heterocycles. The SMILES string of the molecule is CS(=O)(=O)C1CSCCN1CCOc1ccc(N)cc1. The number of anilines is 1. The van der Waals surface area contributed by atoms with Crippen LogP contribution in [-0.4, -0.2) is 56.1 Å². The molecule has 0 saturated carbocycles. The Morgan fingerprint density at radius 3 is 2.75 bits per heavy atom. The number of thioether (sulfide) groups is 1. The molecule has 0 radical (unpaired) electrons. The van der Waals surface area contributed by atoms with Gasteiger partial charge in [0.05, 0.1) is 0 Å². The van der Waals surface area contributed by atoms with E-state index in [1.54, 1.807) is 23.9 Å². The Bertz CT molecular complexity index is 531. The predicted octanol–water partition coefficient (Wildman–Crippen LogP) is 1.07. The Labute approximate surface area is 124 Å².